The zero-order valence-corrected chi connectivity index (χ0v) is 15.4. The van der Waals surface area contributed by atoms with Gasteiger partial charge in [0.2, 0.25) is 0 Å². The standard InChI is InChI=1S/C20H16INO2/c1-2-23-19-11-14(12-22)10-18(21)20(19)24-13-16-8-5-7-15-6-3-4-9-17(15)16/h3-11H,2,13H2,1H3. The van der Waals surface area contributed by atoms with E-state index in [-0.39, 0.29) is 0 Å². The molecule has 4 heteroatoms. The molecule has 0 amide bonds. The fourth-order valence-electron chi connectivity index (χ4n) is 2.60. The third-order valence-corrected chi connectivity index (χ3v) is 4.49. The number of ether oxygens (including phenoxy) is 2. The van der Waals surface area contributed by atoms with Crippen LogP contribution in [-0.2, 0) is 6.61 Å². The quantitative estimate of drug-likeness (QED) is 0.518. The fourth-order valence-corrected chi connectivity index (χ4v) is 3.36. The lowest BCUT2D eigenvalue weighted by Gasteiger charge is -2.15. The summed E-state index contributed by atoms with van der Waals surface area (Å²) >= 11 is 2.18. The Morgan fingerprint density at radius 3 is 2.62 bits per heavy atom. The number of benzene rings is 3. The van der Waals surface area contributed by atoms with Crippen molar-refractivity contribution in [2.24, 2.45) is 0 Å². The number of halogens is 1. The Morgan fingerprint density at radius 2 is 1.83 bits per heavy atom. The highest BCUT2D eigenvalue weighted by Crippen LogP contribution is 2.35. The van der Waals surface area contributed by atoms with Crippen molar-refractivity contribution in [3.63, 3.8) is 0 Å². The summed E-state index contributed by atoms with van der Waals surface area (Å²) in [5, 5.41) is 11.5. The molecule has 3 rings (SSSR count). The van der Waals surface area contributed by atoms with Gasteiger partial charge in [-0.2, -0.15) is 5.26 Å². The number of rotatable bonds is 5. The summed E-state index contributed by atoms with van der Waals surface area (Å²) in [5.74, 6) is 1.30. The van der Waals surface area contributed by atoms with Gasteiger partial charge >= 0.3 is 0 Å². The molecule has 0 heterocycles. The van der Waals surface area contributed by atoms with E-state index in [1.54, 1.807) is 6.07 Å². The first-order chi connectivity index (χ1) is 11.7. The monoisotopic (exact) mass is 429 g/mol. The van der Waals surface area contributed by atoms with Crippen LogP contribution in [0.4, 0.5) is 0 Å². The zero-order chi connectivity index (χ0) is 16.9. The van der Waals surface area contributed by atoms with Crippen LogP contribution in [0.5, 0.6) is 11.5 Å². The van der Waals surface area contributed by atoms with E-state index < -0.39 is 0 Å². The molecular formula is C20H16INO2. The Balaban J connectivity index is 1.92. The van der Waals surface area contributed by atoms with Crippen LogP contribution in [0, 0.1) is 14.9 Å². The molecular weight excluding hydrogens is 413 g/mol. The van der Waals surface area contributed by atoms with E-state index in [9.17, 15) is 0 Å². The molecule has 120 valence electrons. The van der Waals surface area contributed by atoms with Gasteiger partial charge < -0.3 is 9.47 Å². The second kappa shape index (κ2) is 7.54. The topological polar surface area (TPSA) is 42.2 Å². The van der Waals surface area contributed by atoms with E-state index >= 15 is 0 Å². The molecule has 0 radical (unpaired) electrons. The molecule has 0 aliphatic carbocycles. The Labute approximate surface area is 155 Å². The molecule has 0 spiro atoms. The maximum atomic E-state index is 9.12. The highest BCUT2D eigenvalue weighted by atomic mass is 127. The second-order valence-electron chi connectivity index (χ2n) is 5.26. The lowest BCUT2D eigenvalue weighted by atomic mass is 10.1. The van der Waals surface area contributed by atoms with Crippen molar-refractivity contribution in [2.45, 2.75) is 13.5 Å². The number of nitrogens with zero attached hydrogens (tertiary/aromatic N) is 1. The largest absolute Gasteiger partial charge is 0.490 e. The van der Waals surface area contributed by atoms with Crippen LogP contribution in [0.15, 0.2) is 54.6 Å². The SMILES string of the molecule is CCOc1cc(C#N)cc(I)c1OCc1cccc2ccccc12. The third-order valence-electron chi connectivity index (χ3n) is 3.69. The molecule has 3 aromatic carbocycles. The van der Waals surface area contributed by atoms with Gasteiger partial charge in [0, 0.05) is 6.07 Å². The Bertz CT molecular complexity index is 910. The minimum absolute atomic E-state index is 0.448. The number of hydrogen-bond acceptors (Lipinski definition) is 3. The lowest BCUT2D eigenvalue weighted by Crippen LogP contribution is -2.02. The van der Waals surface area contributed by atoms with Crippen LogP contribution in [0.2, 0.25) is 0 Å². The molecule has 24 heavy (non-hydrogen) atoms. The number of hydrogen-bond donors (Lipinski definition) is 0. The Kier molecular flexibility index (Phi) is 5.21. The minimum Gasteiger partial charge on any atom is -0.490 e. The Hall–Kier alpha value is -2.26. The Morgan fingerprint density at radius 1 is 1.04 bits per heavy atom. The van der Waals surface area contributed by atoms with Crippen LogP contribution >= 0.6 is 22.6 Å². The maximum absolute atomic E-state index is 9.12. The number of nitriles is 1. The van der Waals surface area contributed by atoms with Gasteiger partial charge in [-0.1, -0.05) is 42.5 Å². The summed E-state index contributed by atoms with van der Waals surface area (Å²) in [7, 11) is 0. The maximum Gasteiger partial charge on any atom is 0.175 e. The predicted molar refractivity (Wildman–Crippen MR) is 103 cm³/mol. The van der Waals surface area contributed by atoms with Crippen molar-refractivity contribution in [2.75, 3.05) is 6.61 Å². The van der Waals surface area contributed by atoms with E-state index in [0.29, 0.717) is 30.3 Å². The van der Waals surface area contributed by atoms with Crippen molar-refractivity contribution in [1.29, 1.82) is 5.26 Å². The molecule has 0 aliphatic heterocycles. The highest BCUT2D eigenvalue weighted by Gasteiger charge is 2.13. The van der Waals surface area contributed by atoms with E-state index in [0.717, 1.165) is 9.13 Å². The zero-order valence-electron chi connectivity index (χ0n) is 13.3. The van der Waals surface area contributed by atoms with Gasteiger partial charge in [0.15, 0.2) is 11.5 Å². The average molecular weight is 429 g/mol. The average Bonchev–Trinajstić information content (AvgIpc) is 2.61. The highest BCUT2D eigenvalue weighted by molar-refractivity contribution is 14.1. The molecule has 3 aromatic rings. The molecule has 0 fully saturated rings. The van der Waals surface area contributed by atoms with Crippen molar-refractivity contribution >= 4 is 33.4 Å². The summed E-state index contributed by atoms with van der Waals surface area (Å²) in [6.45, 7) is 2.89. The van der Waals surface area contributed by atoms with Crippen molar-refractivity contribution in [1.82, 2.24) is 0 Å². The molecule has 0 bridgehead atoms. The van der Waals surface area contributed by atoms with Crippen molar-refractivity contribution < 1.29 is 9.47 Å². The molecule has 0 unspecified atom stereocenters. The van der Waals surface area contributed by atoms with Crippen LogP contribution in [0.25, 0.3) is 10.8 Å². The first-order valence-corrected chi connectivity index (χ1v) is 8.76. The molecule has 0 aromatic heterocycles. The van der Waals surface area contributed by atoms with E-state index in [2.05, 4.69) is 52.9 Å². The van der Waals surface area contributed by atoms with Gasteiger partial charge in [-0.05, 0) is 51.9 Å². The number of fused-ring (bicyclic) bond motifs is 1. The first-order valence-electron chi connectivity index (χ1n) is 7.68. The summed E-state index contributed by atoms with van der Waals surface area (Å²) in [6, 6.07) is 20.1. The van der Waals surface area contributed by atoms with Crippen molar-refractivity contribution in [3.8, 4) is 17.6 Å². The van der Waals surface area contributed by atoms with E-state index in [1.165, 1.54) is 10.8 Å². The van der Waals surface area contributed by atoms with Crippen LogP contribution in [0.1, 0.15) is 18.1 Å². The third kappa shape index (κ3) is 3.46. The van der Waals surface area contributed by atoms with Crippen molar-refractivity contribution in [3.05, 3.63) is 69.3 Å². The molecule has 0 saturated carbocycles. The van der Waals surface area contributed by atoms with Gasteiger partial charge in [0.05, 0.1) is 21.8 Å². The normalized spacial score (nSPS) is 10.4. The predicted octanol–water partition coefficient (Wildman–Crippen LogP) is 5.29. The molecule has 3 nitrogen and oxygen atoms in total. The second-order valence-corrected chi connectivity index (χ2v) is 6.42. The summed E-state index contributed by atoms with van der Waals surface area (Å²) in [5.41, 5.74) is 1.69. The van der Waals surface area contributed by atoms with Gasteiger partial charge in [0.1, 0.15) is 6.61 Å². The van der Waals surface area contributed by atoms with Crippen LogP contribution in [-0.4, -0.2) is 6.61 Å². The molecule has 0 atom stereocenters. The van der Waals surface area contributed by atoms with Gasteiger partial charge in [-0.25, -0.2) is 0 Å². The minimum atomic E-state index is 0.448. The van der Waals surface area contributed by atoms with Gasteiger partial charge in [0.25, 0.3) is 0 Å². The van der Waals surface area contributed by atoms with E-state index in [1.807, 2.05) is 31.2 Å². The van der Waals surface area contributed by atoms with Crippen LogP contribution in [0.3, 0.4) is 0 Å². The van der Waals surface area contributed by atoms with Crippen LogP contribution < -0.4 is 9.47 Å². The van der Waals surface area contributed by atoms with Gasteiger partial charge in [-0.15, -0.1) is 0 Å². The molecule has 0 N–H and O–H groups in total. The summed E-state index contributed by atoms with van der Waals surface area (Å²) < 4.78 is 12.6. The molecule has 0 aliphatic rings. The summed E-state index contributed by atoms with van der Waals surface area (Å²) in [6.07, 6.45) is 0. The fraction of sp³-hybridized carbons (Fsp3) is 0.150. The molecule has 0 saturated heterocycles. The first kappa shape index (κ1) is 16.6. The summed E-state index contributed by atoms with van der Waals surface area (Å²) in [4.78, 5) is 0. The lowest BCUT2D eigenvalue weighted by molar-refractivity contribution is 0.268. The smallest absolute Gasteiger partial charge is 0.175 e. The van der Waals surface area contributed by atoms with Gasteiger partial charge in [-0.3, -0.25) is 0 Å². The van der Waals surface area contributed by atoms with E-state index in [4.69, 9.17) is 14.7 Å².